The molecule has 3 heterocycles. The number of nitrogens with zero attached hydrogens (tertiary/aromatic N) is 2. The lowest BCUT2D eigenvalue weighted by Gasteiger charge is -2.14. The van der Waals surface area contributed by atoms with Crippen molar-refractivity contribution in [2.24, 2.45) is 12.8 Å². The molecule has 0 spiro atoms. The van der Waals surface area contributed by atoms with Crippen LogP contribution in [-0.4, -0.2) is 29.7 Å². The fraction of sp³-hybridized carbons (Fsp3) is 0.333. The molecule has 0 aliphatic carbocycles. The van der Waals surface area contributed by atoms with Gasteiger partial charge in [-0.3, -0.25) is 9.59 Å². The standard InChI is InChI=1S/C21H24N4O4S/c1-4-7-25-18(20(22)26)14-9-23-16-6-5-12(11-30(3,28)29)8-13(16)15-10-24(2)21(27)19(25)17(14)15/h5-6,8,10,23H,4,7,9,11H2,1-3H3,(H2,22,26). The zero-order valence-electron chi connectivity index (χ0n) is 17.2. The number of aromatic nitrogens is 2. The molecule has 1 aliphatic rings. The number of nitrogens with one attached hydrogen (secondary N) is 1. The number of nitrogens with two attached hydrogens (primary N) is 1. The van der Waals surface area contributed by atoms with Crippen molar-refractivity contribution in [1.82, 2.24) is 9.13 Å². The first kappa shape index (κ1) is 20.2. The average Bonchev–Trinajstić information content (AvgIpc) is 2.89. The zero-order valence-corrected chi connectivity index (χ0v) is 18.0. The third-order valence-electron chi connectivity index (χ3n) is 5.42. The minimum absolute atomic E-state index is 0.0779. The Morgan fingerprint density at radius 3 is 2.63 bits per heavy atom. The van der Waals surface area contributed by atoms with E-state index in [1.165, 1.54) is 10.8 Å². The predicted octanol–water partition coefficient (Wildman–Crippen LogP) is 1.99. The second kappa shape index (κ2) is 7.02. The van der Waals surface area contributed by atoms with Gasteiger partial charge in [0.1, 0.15) is 11.2 Å². The van der Waals surface area contributed by atoms with Crippen LogP contribution in [-0.2, 0) is 35.7 Å². The number of benzene rings is 1. The quantitative estimate of drug-likeness (QED) is 0.645. The van der Waals surface area contributed by atoms with E-state index in [2.05, 4.69) is 5.32 Å². The van der Waals surface area contributed by atoms with Crippen molar-refractivity contribution < 1.29 is 13.2 Å². The number of anilines is 1. The summed E-state index contributed by atoms with van der Waals surface area (Å²) in [5.74, 6) is -0.654. The molecule has 0 fully saturated rings. The summed E-state index contributed by atoms with van der Waals surface area (Å²) in [7, 11) is -1.53. The van der Waals surface area contributed by atoms with Crippen LogP contribution in [0.5, 0.6) is 0 Å². The van der Waals surface area contributed by atoms with E-state index in [0.717, 1.165) is 23.2 Å². The maximum absolute atomic E-state index is 13.1. The molecule has 30 heavy (non-hydrogen) atoms. The van der Waals surface area contributed by atoms with Gasteiger partial charge in [0.2, 0.25) is 0 Å². The van der Waals surface area contributed by atoms with E-state index in [1.54, 1.807) is 23.9 Å². The number of rotatable bonds is 5. The van der Waals surface area contributed by atoms with E-state index in [1.807, 2.05) is 19.1 Å². The van der Waals surface area contributed by atoms with Crippen molar-refractivity contribution in [2.45, 2.75) is 32.2 Å². The molecule has 0 radical (unpaired) electrons. The number of carbonyl (C=O) groups is 1. The molecule has 0 saturated heterocycles. The molecule has 1 aliphatic heterocycles. The summed E-state index contributed by atoms with van der Waals surface area (Å²) < 4.78 is 26.8. The number of amides is 1. The van der Waals surface area contributed by atoms with Crippen molar-refractivity contribution in [1.29, 1.82) is 0 Å². The summed E-state index contributed by atoms with van der Waals surface area (Å²) in [4.78, 5) is 25.4. The Morgan fingerprint density at radius 1 is 1.27 bits per heavy atom. The number of hydrogen-bond acceptors (Lipinski definition) is 5. The first-order valence-corrected chi connectivity index (χ1v) is 11.8. The Bertz CT molecular complexity index is 1370. The van der Waals surface area contributed by atoms with Gasteiger partial charge in [-0.25, -0.2) is 8.42 Å². The molecule has 4 rings (SSSR count). The summed E-state index contributed by atoms with van der Waals surface area (Å²) in [6.45, 7) is 2.81. The smallest absolute Gasteiger partial charge is 0.274 e. The van der Waals surface area contributed by atoms with Crippen LogP contribution in [0.1, 0.15) is 35.0 Å². The van der Waals surface area contributed by atoms with Crippen LogP contribution in [0, 0.1) is 0 Å². The van der Waals surface area contributed by atoms with Crippen LogP contribution in [0.2, 0.25) is 0 Å². The lowest BCUT2D eigenvalue weighted by Crippen LogP contribution is -2.23. The summed E-state index contributed by atoms with van der Waals surface area (Å²) in [6, 6.07) is 5.44. The van der Waals surface area contributed by atoms with Gasteiger partial charge in [0, 0.05) is 60.4 Å². The number of pyridine rings is 1. The number of carbonyl (C=O) groups excluding carboxylic acids is 1. The summed E-state index contributed by atoms with van der Waals surface area (Å²) in [5.41, 5.74) is 10.0. The van der Waals surface area contributed by atoms with Gasteiger partial charge in [-0.15, -0.1) is 0 Å². The Hall–Kier alpha value is -3.07. The fourth-order valence-corrected chi connectivity index (χ4v) is 5.10. The molecule has 1 amide bonds. The second-order valence-corrected chi connectivity index (χ2v) is 9.97. The minimum Gasteiger partial charge on any atom is -0.380 e. The van der Waals surface area contributed by atoms with Gasteiger partial charge in [-0.1, -0.05) is 13.0 Å². The first-order chi connectivity index (χ1) is 14.1. The van der Waals surface area contributed by atoms with Crippen LogP contribution in [0.15, 0.2) is 29.2 Å². The van der Waals surface area contributed by atoms with E-state index in [-0.39, 0.29) is 11.3 Å². The summed E-state index contributed by atoms with van der Waals surface area (Å²) in [5, 5.41) is 4.03. The average molecular weight is 429 g/mol. The van der Waals surface area contributed by atoms with Crippen LogP contribution >= 0.6 is 0 Å². The number of aryl methyl sites for hydroxylation is 2. The van der Waals surface area contributed by atoms with Gasteiger partial charge in [0.25, 0.3) is 11.5 Å². The highest BCUT2D eigenvalue weighted by Crippen LogP contribution is 2.40. The van der Waals surface area contributed by atoms with E-state index in [4.69, 9.17) is 5.73 Å². The maximum Gasteiger partial charge on any atom is 0.274 e. The molecule has 0 saturated carbocycles. The third kappa shape index (κ3) is 3.19. The number of hydrogen-bond donors (Lipinski definition) is 2. The molecular formula is C21H24N4O4S. The molecule has 0 bridgehead atoms. The fourth-order valence-electron chi connectivity index (χ4n) is 4.32. The number of primary amides is 1. The van der Waals surface area contributed by atoms with E-state index in [9.17, 15) is 18.0 Å². The van der Waals surface area contributed by atoms with Crippen molar-refractivity contribution in [3.63, 3.8) is 0 Å². The number of sulfone groups is 1. The van der Waals surface area contributed by atoms with Crippen LogP contribution in [0.4, 0.5) is 5.69 Å². The van der Waals surface area contributed by atoms with Crippen LogP contribution < -0.4 is 16.6 Å². The zero-order chi connectivity index (χ0) is 21.8. The van der Waals surface area contributed by atoms with Crippen molar-refractivity contribution in [2.75, 3.05) is 11.6 Å². The molecule has 3 N–H and O–H groups in total. The summed E-state index contributed by atoms with van der Waals surface area (Å²) in [6.07, 6.45) is 3.67. The Morgan fingerprint density at radius 2 is 2.00 bits per heavy atom. The molecule has 9 heteroatoms. The van der Waals surface area contributed by atoms with E-state index >= 15 is 0 Å². The van der Waals surface area contributed by atoms with Gasteiger partial charge >= 0.3 is 0 Å². The van der Waals surface area contributed by atoms with Gasteiger partial charge in [0.15, 0.2) is 9.84 Å². The van der Waals surface area contributed by atoms with Gasteiger partial charge in [-0.05, 0) is 24.1 Å². The van der Waals surface area contributed by atoms with E-state index in [0.29, 0.717) is 40.8 Å². The van der Waals surface area contributed by atoms with Crippen molar-refractivity contribution in [3.05, 3.63) is 51.6 Å². The Labute approximate surface area is 174 Å². The number of fused-ring (bicyclic) bond motifs is 2. The second-order valence-electron chi connectivity index (χ2n) is 7.83. The largest absolute Gasteiger partial charge is 0.380 e. The molecular weight excluding hydrogens is 404 g/mol. The van der Waals surface area contributed by atoms with Crippen LogP contribution in [0.3, 0.4) is 0 Å². The topological polar surface area (TPSA) is 116 Å². The highest BCUT2D eigenvalue weighted by molar-refractivity contribution is 7.89. The normalized spacial score (nSPS) is 13.0. The van der Waals surface area contributed by atoms with Gasteiger partial charge in [0.05, 0.1) is 5.75 Å². The van der Waals surface area contributed by atoms with Gasteiger partial charge in [-0.2, -0.15) is 0 Å². The van der Waals surface area contributed by atoms with Crippen molar-refractivity contribution in [3.8, 4) is 11.1 Å². The highest BCUT2D eigenvalue weighted by atomic mass is 32.2. The first-order valence-electron chi connectivity index (χ1n) is 9.71. The lowest BCUT2D eigenvalue weighted by atomic mass is 9.99. The monoisotopic (exact) mass is 428 g/mol. The van der Waals surface area contributed by atoms with E-state index < -0.39 is 15.7 Å². The minimum atomic E-state index is -3.20. The van der Waals surface area contributed by atoms with Crippen LogP contribution in [0.25, 0.3) is 22.0 Å². The Balaban J connectivity index is 2.12. The van der Waals surface area contributed by atoms with Gasteiger partial charge < -0.3 is 20.2 Å². The molecule has 0 atom stereocenters. The maximum atomic E-state index is 13.1. The molecule has 1 aromatic carbocycles. The predicted molar refractivity (Wildman–Crippen MR) is 117 cm³/mol. The lowest BCUT2D eigenvalue weighted by molar-refractivity contribution is 0.0991. The van der Waals surface area contributed by atoms with Crippen molar-refractivity contribution >= 4 is 32.3 Å². The molecule has 3 aromatic rings. The molecule has 2 aromatic heterocycles. The highest BCUT2D eigenvalue weighted by Gasteiger charge is 2.28. The molecule has 8 nitrogen and oxygen atoms in total. The molecule has 0 unspecified atom stereocenters. The summed E-state index contributed by atoms with van der Waals surface area (Å²) >= 11 is 0. The third-order valence-corrected chi connectivity index (χ3v) is 6.28. The SMILES string of the molecule is CCCn1c(C(N)=O)c2c3c(cn(C)c(=O)c31)-c1cc(CS(C)(=O)=O)ccc1NC2. The molecule has 158 valence electrons. The Kier molecular flexibility index (Phi) is 4.73.